The average Bonchev–Trinajstić information content (AvgIpc) is 2.67. The molecule has 0 fully saturated rings. The highest BCUT2D eigenvalue weighted by Crippen LogP contribution is 2.09. The summed E-state index contributed by atoms with van der Waals surface area (Å²) in [5.74, 6) is 0.943. The highest BCUT2D eigenvalue weighted by molar-refractivity contribution is 5.19. The number of nitrogens with two attached hydrogens (primary N) is 1. The van der Waals surface area contributed by atoms with Gasteiger partial charge >= 0.3 is 0 Å². The van der Waals surface area contributed by atoms with Gasteiger partial charge in [-0.1, -0.05) is 35.5 Å². The van der Waals surface area contributed by atoms with E-state index < -0.39 is 0 Å². The smallest absolute Gasteiger partial charge is 0.142 e. The van der Waals surface area contributed by atoms with Crippen molar-refractivity contribution < 1.29 is 9.84 Å². The first kappa shape index (κ1) is 11.9. The number of hydrogen-bond donors (Lipinski definition) is 1. The standard InChI is InChI=1S/C14H18N2O/c1-11-14(12(2)17-16-11)10-15-9-8-13-6-4-3-5-7-13/h3-7,15H,8-10H2,1-2H3/p+1. The Morgan fingerprint density at radius 2 is 1.94 bits per heavy atom. The molecular weight excluding hydrogens is 212 g/mol. The normalized spacial score (nSPS) is 10.7. The number of nitrogens with zero attached hydrogens (tertiary/aromatic N) is 1. The fourth-order valence-electron chi connectivity index (χ4n) is 1.95. The summed E-state index contributed by atoms with van der Waals surface area (Å²) in [5, 5.41) is 6.26. The minimum absolute atomic E-state index is 0.943. The molecule has 3 heteroatoms. The van der Waals surface area contributed by atoms with E-state index in [1.54, 1.807) is 0 Å². The molecule has 0 amide bonds. The van der Waals surface area contributed by atoms with Crippen LogP contribution in [0.2, 0.25) is 0 Å². The van der Waals surface area contributed by atoms with Crippen molar-refractivity contribution in [2.75, 3.05) is 6.54 Å². The van der Waals surface area contributed by atoms with Gasteiger partial charge in [-0.3, -0.25) is 0 Å². The summed E-state index contributed by atoms with van der Waals surface area (Å²) in [6, 6.07) is 10.6. The molecule has 90 valence electrons. The number of aromatic nitrogens is 1. The summed E-state index contributed by atoms with van der Waals surface area (Å²) in [7, 11) is 0. The number of benzene rings is 1. The Balaban J connectivity index is 1.77. The molecular formula is C14H19N2O+. The van der Waals surface area contributed by atoms with Crippen LogP contribution >= 0.6 is 0 Å². The molecule has 1 aromatic heterocycles. The molecule has 1 heterocycles. The van der Waals surface area contributed by atoms with Gasteiger partial charge in [0.15, 0.2) is 0 Å². The second-order valence-corrected chi connectivity index (χ2v) is 4.32. The van der Waals surface area contributed by atoms with Crippen LogP contribution < -0.4 is 5.32 Å². The number of aryl methyl sites for hydroxylation is 2. The minimum Gasteiger partial charge on any atom is -0.361 e. The number of hydrogen-bond acceptors (Lipinski definition) is 2. The molecule has 2 rings (SSSR count). The monoisotopic (exact) mass is 231 g/mol. The molecule has 0 radical (unpaired) electrons. The van der Waals surface area contributed by atoms with Gasteiger partial charge in [-0.15, -0.1) is 0 Å². The minimum atomic E-state index is 0.943. The molecule has 3 nitrogen and oxygen atoms in total. The van der Waals surface area contributed by atoms with Gasteiger partial charge in [0.2, 0.25) is 0 Å². The van der Waals surface area contributed by atoms with Crippen LogP contribution in [-0.4, -0.2) is 11.7 Å². The van der Waals surface area contributed by atoms with Gasteiger partial charge in [0.05, 0.1) is 17.8 Å². The predicted octanol–water partition coefficient (Wildman–Crippen LogP) is 1.60. The highest BCUT2D eigenvalue weighted by atomic mass is 16.5. The van der Waals surface area contributed by atoms with E-state index in [2.05, 4.69) is 40.8 Å². The lowest BCUT2D eigenvalue weighted by atomic mass is 10.1. The summed E-state index contributed by atoms with van der Waals surface area (Å²) in [6.45, 7) is 6.01. The molecule has 1 aromatic carbocycles. The third-order valence-corrected chi connectivity index (χ3v) is 3.01. The van der Waals surface area contributed by atoms with E-state index in [1.165, 1.54) is 11.1 Å². The predicted molar refractivity (Wildman–Crippen MR) is 66.6 cm³/mol. The van der Waals surface area contributed by atoms with E-state index >= 15 is 0 Å². The third kappa shape index (κ3) is 3.17. The van der Waals surface area contributed by atoms with Gasteiger partial charge in [0.1, 0.15) is 12.3 Å². The molecule has 0 aliphatic heterocycles. The molecule has 0 unspecified atom stereocenters. The maximum atomic E-state index is 5.14. The van der Waals surface area contributed by atoms with Crippen LogP contribution in [0.15, 0.2) is 34.9 Å². The Morgan fingerprint density at radius 1 is 1.18 bits per heavy atom. The van der Waals surface area contributed by atoms with E-state index in [0.29, 0.717) is 0 Å². The Kier molecular flexibility index (Phi) is 3.94. The SMILES string of the molecule is Cc1noc(C)c1C[NH2+]CCc1ccccc1. The second-order valence-electron chi connectivity index (χ2n) is 4.32. The second kappa shape index (κ2) is 5.64. The Labute approximate surface area is 102 Å². The lowest BCUT2D eigenvalue weighted by molar-refractivity contribution is -0.670. The topological polar surface area (TPSA) is 42.6 Å². The highest BCUT2D eigenvalue weighted by Gasteiger charge is 2.09. The molecule has 0 aliphatic carbocycles. The zero-order valence-corrected chi connectivity index (χ0v) is 10.4. The first-order chi connectivity index (χ1) is 8.27. The fraction of sp³-hybridized carbons (Fsp3) is 0.357. The molecule has 0 atom stereocenters. The summed E-state index contributed by atoms with van der Waals surface area (Å²) in [4.78, 5) is 0. The molecule has 0 spiro atoms. The van der Waals surface area contributed by atoms with Crippen LogP contribution in [-0.2, 0) is 13.0 Å². The zero-order chi connectivity index (χ0) is 12.1. The molecule has 0 aliphatic rings. The van der Waals surface area contributed by atoms with Crippen molar-refractivity contribution in [1.29, 1.82) is 0 Å². The van der Waals surface area contributed by atoms with Crippen molar-refractivity contribution in [3.63, 3.8) is 0 Å². The van der Waals surface area contributed by atoms with Crippen molar-refractivity contribution in [2.24, 2.45) is 0 Å². The summed E-state index contributed by atoms with van der Waals surface area (Å²) in [5.41, 5.74) is 3.64. The van der Waals surface area contributed by atoms with Crippen molar-refractivity contribution in [3.8, 4) is 0 Å². The van der Waals surface area contributed by atoms with Crippen LogP contribution in [0.5, 0.6) is 0 Å². The Morgan fingerprint density at radius 3 is 2.59 bits per heavy atom. The number of rotatable bonds is 5. The van der Waals surface area contributed by atoms with Gasteiger partial charge in [-0.25, -0.2) is 0 Å². The summed E-state index contributed by atoms with van der Waals surface area (Å²) in [6.07, 6.45) is 1.10. The first-order valence-electron chi connectivity index (χ1n) is 6.04. The molecule has 0 saturated carbocycles. The summed E-state index contributed by atoms with van der Waals surface area (Å²) < 4.78 is 5.14. The van der Waals surface area contributed by atoms with E-state index in [-0.39, 0.29) is 0 Å². The average molecular weight is 231 g/mol. The molecule has 2 aromatic rings. The Hall–Kier alpha value is -1.61. The van der Waals surface area contributed by atoms with Gasteiger partial charge in [-0.05, 0) is 19.4 Å². The van der Waals surface area contributed by atoms with E-state index in [9.17, 15) is 0 Å². The van der Waals surface area contributed by atoms with Crippen molar-refractivity contribution in [3.05, 3.63) is 52.9 Å². The van der Waals surface area contributed by atoms with Crippen LogP contribution in [0.4, 0.5) is 0 Å². The van der Waals surface area contributed by atoms with Gasteiger partial charge in [-0.2, -0.15) is 0 Å². The van der Waals surface area contributed by atoms with Gasteiger partial charge in [0.25, 0.3) is 0 Å². The molecule has 0 saturated heterocycles. The zero-order valence-electron chi connectivity index (χ0n) is 10.4. The van der Waals surface area contributed by atoms with Crippen molar-refractivity contribution in [1.82, 2.24) is 5.16 Å². The molecule has 17 heavy (non-hydrogen) atoms. The van der Waals surface area contributed by atoms with Gasteiger partial charge < -0.3 is 9.84 Å². The maximum absolute atomic E-state index is 5.14. The van der Waals surface area contributed by atoms with E-state index in [0.717, 1.165) is 31.0 Å². The lowest BCUT2D eigenvalue weighted by Gasteiger charge is -2.01. The fourth-order valence-corrected chi connectivity index (χ4v) is 1.95. The van der Waals surface area contributed by atoms with E-state index in [4.69, 9.17) is 4.52 Å². The number of quaternary nitrogens is 1. The first-order valence-corrected chi connectivity index (χ1v) is 6.04. The lowest BCUT2D eigenvalue weighted by Crippen LogP contribution is -2.83. The maximum Gasteiger partial charge on any atom is 0.142 e. The van der Waals surface area contributed by atoms with Crippen LogP contribution in [0.1, 0.15) is 22.6 Å². The Bertz CT molecular complexity index is 443. The van der Waals surface area contributed by atoms with Crippen molar-refractivity contribution >= 4 is 0 Å². The van der Waals surface area contributed by atoms with Gasteiger partial charge in [0, 0.05) is 6.42 Å². The largest absolute Gasteiger partial charge is 0.361 e. The van der Waals surface area contributed by atoms with E-state index in [1.807, 2.05) is 13.8 Å². The molecule has 0 bridgehead atoms. The molecule has 2 N–H and O–H groups in total. The quantitative estimate of drug-likeness (QED) is 0.794. The van der Waals surface area contributed by atoms with Crippen LogP contribution in [0, 0.1) is 13.8 Å². The third-order valence-electron chi connectivity index (χ3n) is 3.01. The van der Waals surface area contributed by atoms with Crippen LogP contribution in [0.3, 0.4) is 0 Å². The summed E-state index contributed by atoms with van der Waals surface area (Å²) >= 11 is 0. The van der Waals surface area contributed by atoms with Crippen molar-refractivity contribution in [2.45, 2.75) is 26.8 Å². The van der Waals surface area contributed by atoms with Crippen LogP contribution in [0.25, 0.3) is 0 Å².